The van der Waals surface area contributed by atoms with E-state index < -0.39 is 31.5 Å². The van der Waals surface area contributed by atoms with Gasteiger partial charge >= 0.3 is 0 Å². The lowest BCUT2D eigenvalue weighted by Gasteiger charge is -2.17. The molecular formula is C5H8F4O2. The summed E-state index contributed by atoms with van der Waals surface area (Å²) in [4.78, 5) is 0. The van der Waals surface area contributed by atoms with Crippen LogP contribution in [-0.4, -0.2) is 41.7 Å². The molecule has 0 aliphatic heterocycles. The third-order valence-electron chi connectivity index (χ3n) is 1.11. The van der Waals surface area contributed by atoms with E-state index in [9.17, 15) is 17.6 Å². The molecule has 0 aromatic carbocycles. The van der Waals surface area contributed by atoms with Crippen LogP contribution in [-0.2, 0) is 0 Å². The van der Waals surface area contributed by atoms with E-state index >= 15 is 0 Å². The molecule has 6 heteroatoms. The largest absolute Gasteiger partial charge is 0.387 e. The highest BCUT2D eigenvalue weighted by molar-refractivity contribution is 4.76. The molecule has 3 atom stereocenters. The molecule has 0 saturated heterocycles. The molecule has 0 amide bonds. The second-order valence-electron chi connectivity index (χ2n) is 1.99. The minimum absolute atomic E-state index is 1.50. The van der Waals surface area contributed by atoms with Crippen LogP contribution in [0.4, 0.5) is 17.6 Å². The Morgan fingerprint density at radius 2 is 1.55 bits per heavy atom. The lowest BCUT2D eigenvalue weighted by molar-refractivity contribution is -0.0883. The van der Waals surface area contributed by atoms with Crippen molar-refractivity contribution in [1.29, 1.82) is 0 Å². The van der Waals surface area contributed by atoms with E-state index in [0.29, 0.717) is 0 Å². The van der Waals surface area contributed by atoms with Gasteiger partial charge < -0.3 is 10.2 Å². The molecule has 0 fully saturated rings. The molecule has 0 aliphatic carbocycles. The molecular weight excluding hydrogens is 168 g/mol. The number of halogens is 4. The third-order valence-corrected chi connectivity index (χ3v) is 1.11. The highest BCUT2D eigenvalue weighted by atomic mass is 19.3. The monoisotopic (exact) mass is 176 g/mol. The van der Waals surface area contributed by atoms with Crippen LogP contribution in [0, 0.1) is 0 Å². The van der Waals surface area contributed by atoms with Crippen LogP contribution < -0.4 is 0 Å². The fraction of sp³-hybridized carbons (Fsp3) is 1.00. The number of rotatable bonds is 4. The second-order valence-corrected chi connectivity index (χ2v) is 1.99. The number of hydrogen-bond donors (Lipinski definition) is 2. The molecule has 0 bridgehead atoms. The van der Waals surface area contributed by atoms with Gasteiger partial charge in [0.25, 0.3) is 6.43 Å². The predicted molar refractivity (Wildman–Crippen MR) is 28.9 cm³/mol. The summed E-state index contributed by atoms with van der Waals surface area (Å²) in [6.07, 6.45) is -10.8. The molecule has 0 aliphatic rings. The van der Waals surface area contributed by atoms with Gasteiger partial charge in [-0.2, -0.15) is 0 Å². The van der Waals surface area contributed by atoms with Gasteiger partial charge in [-0.3, -0.25) is 0 Å². The van der Waals surface area contributed by atoms with Gasteiger partial charge in [-0.05, 0) is 0 Å². The van der Waals surface area contributed by atoms with Gasteiger partial charge in [-0.15, -0.1) is 0 Å². The fourth-order valence-electron chi connectivity index (χ4n) is 0.452. The zero-order valence-electron chi connectivity index (χ0n) is 5.42. The molecule has 0 spiro atoms. The first-order chi connectivity index (χ1) is 5.00. The zero-order chi connectivity index (χ0) is 9.02. The van der Waals surface area contributed by atoms with Crippen LogP contribution in [0.3, 0.4) is 0 Å². The highest BCUT2D eigenvalue weighted by Gasteiger charge is 2.33. The summed E-state index contributed by atoms with van der Waals surface area (Å²) in [6.45, 7) is -1.50. The maximum Gasteiger partial charge on any atom is 0.267 e. The van der Waals surface area contributed by atoms with Gasteiger partial charge in [-0.1, -0.05) is 0 Å². The molecule has 0 radical (unpaired) electrons. The van der Waals surface area contributed by atoms with Crippen molar-refractivity contribution in [3.8, 4) is 0 Å². The molecule has 0 rings (SSSR count). The van der Waals surface area contributed by atoms with Crippen molar-refractivity contribution in [2.45, 2.75) is 24.8 Å². The SMILES string of the molecule is OC(CF)C(F)C(O)C(F)F. The van der Waals surface area contributed by atoms with Crippen LogP contribution in [0.25, 0.3) is 0 Å². The van der Waals surface area contributed by atoms with E-state index in [0.717, 1.165) is 0 Å². The van der Waals surface area contributed by atoms with Crippen molar-refractivity contribution in [3.63, 3.8) is 0 Å². The Morgan fingerprint density at radius 3 is 1.82 bits per heavy atom. The topological polar surface area (TPSA) is 40.5 Å². The number of aliphatic hydroxyl groups excluding tert-OH is 2. The molecule has 0 saturated carbocycles. The second kappa shape index (κ2) is 4.50. The molecule has 68 valence electrons. The van der Waals surface area contributed by atoms with Gasteiger partial charge in [0.2, 0.25) is 0 Å². The van der Waals surface area contributed by atoms with Crippen LogP contribution in [0.2, 0.25) is 0 Å². The van der Waals surface area contributed by atoms with Gasteiger partial charge in [0.15, 0.2) is 6.17 Å². The molecule has 11 heavy (non-hydrogen) atoms. The van der Waals surface area contributed by atoms with Gasteiger partial charge in [0.05, 0.1) is 0 Å². The maximum absolute atomic E-state index is 12.2. The Bertz CT molecular complexity index is 111. The summed E-state index contributed by atoms with van der Waals surface area (Å²) in [5, 5.41) is 16.5. The Kier molecular flexibility index (Phi) is 4.36. The summed E-state index contributed by atoms with van der Waals surface area (Å²) in [7, 11) is 0. The molecule has 3 unspecified atom stereocenters. The Hall–Kier alpha value is -0.360. The number of aliphatic hydroxyl groups is 2. The summed E-state index contributed by atoms with van der Waals surface area (Å²) < 4.78 is 46.5. The summed E-state index contributed by atoms with van der Waals surface area (Å²) in [6, 6.07) is 0. The van der Waals surface area contributed by atoms with E-state index in [4.69, 9.17) is 10.2 Å². The molecule has 2 nitrogen and oxygen atoms in total. The van der Waals surface area contributed by atoms with Crippen molar-refractivity contribution in [1.82, 2.24) is 0 Å². The summed E-state index contributed by atoms with van der Waals surface area (Å²) in [5.74, 6) is 0. The molecule has 0 heterocycles. The molecule has 0 aromatic heterocycles. The quantitative estimate of drug-likeness (QED) is 0.604. The van der Waals surface area contributed by atoms with E-state index in [1.54, 1.807) is 0 Å². The smallest absolute Gasteiger partial charge is 0.267 e. The van der Waals surface area contributed by atoms with Gasteiger partial charge in [0, 0.05) is 0 Å². The van der Waals surface area contributed by atoms with Crippen LogP contribution in [0.15, 0.2) is 0 Å². The van der Waals surface area contributed by atoms with Gasteiger partial charge in [-0.25, -0.2) is 17.6 Å². The van der Waals surface area contributed by atoms with Crippen molar-refractivity contribution in [2.24, 2.45) is 0 Å². The first-order valence-electron chi connectivity index (χ1n) is 2.85. The Labute approximate surface area is 60.4 Å². The first kappa shape index (κ1) is 10.6. The predicted octanol–water partition coefficient (Wildman–Crippen LogP) is 0.281. The lowest BCUT2D eigenvalue weighted by atomic mass is 10.1. The first-order valence-corrected chi connectivity index (χ1v) is 2.85. The average molecular weight is 176 g/mol. The third kappa shape index (κ3) is 3.02. The van der Waals surface area contributed by atoms with Crippen molar-refractivity contribution in [3.05, 3.63) is 0 Å². The summed E-state index contributed by atoms with van der Waals surface area (Å²) in [5.41, 5.74) is 0. The normalized spacial score (nSPS) is 19.9. The maximum atomic E-state index is 12.2. The fourth-order valence-corrected chi connectivity index (χ4v) is 0.452. The average Bonchev–Trinajstić information content (AvgIpc) is 2.00. The highest BCUT2D eigenvalue weighted by Crippen LogP contribution is 2.12. The number of hydrogen-bond acceptors (Lipinski definition) is 2. The van der Waals surface area contributed by atoms with Crippen molar-refractivity contribution >= 4 is 0 Å². The minimum atomic E-state index is -3.31. The van der Waals surface area contributed by atoms with E-state index in [1.807, 2.05) is 0 Å². The van der Waals surface area contributed by atoms with Crippen molar-refractivity contribution < 1.29 is 27.8 Å². The van der Waals surface area contributed by atoms with E-state index in [-0.39, 0.29) is 0 Å². The van der Waals surface area contributed by atoms with Crippen LogP contribution in [0.1, 0.15) is 0 Å². The van der Waals surface area contributed by atoms with E-state index in [2.05, 4.69) is 0 Å². The Morgan fingerprint density at radius 1 is 1.09 bits per heavy atom. The zero-order valence-corrected chi connectivity index (χ0v) is 5.42. The van der Waals surface area contributed by atoms with E-state index in [1.165, 1.54) is 0 Å². The summed E-state index contributed by atoms with van der Waals surface area (Å²) >= 11 is 0. The van der Waals surface area contributed by atoms with Crippen LogP contribution in [0.5, 0.6) is 0 Å². The Balaban J connectivity index is 3.90. The standard InChI is InChI=1S/C5H8F4O2/c6-1-2(10)3(7)4(11)5(8)9/h2-5,10-11H,1H2. The minimum Gasteiger partial charge on any atom is -0.387 e. The number of alkyl halides is 4. The lowest BCUT2D eigenvalue weighted by Crippen LogP contribution is -2.39. The van der Waals surface area contributed by atoms with Gasteiger partial charge in [0.1, 0.15) is 18.9 Å². The molecule has 0 aromatic rings. The van der Waals surface area contributed by atoms with Crippen molar-refractivity contribution in [2.75, 3.05) is 6.67 Å². The molecule has 2 N–H and O–H groups in total. The van der Waals surface area contributed by atoms with Crippen LogP contribution >= 0.6 is 0 Å².